The molecule has 0 bridgehead atoms. The number of carbonyl (C=O) groups excluding carboxylic acids is 1. The Labute approximate surface area is 186 Å². The van der Waals surface area contributed by atoms with E-state index >= 15 is 0 Å². The summed E-state index contributed by atoms with van der Waals surface area (Å²) in [6, 6.07) is 5.30. The first-order valence-corrected chi connectivity index (χ1v) is 10.8. The van der Waals surface area contributed by atoms with Crippen molar-refractivity contribution in [1.82, 2.24) is 0 Å². The number of methoxy groups -OCH3 is 1. The van der Waals surface area contributed by atoms with Crippen molar-refractivity contribution in [2.45, 2.75) is 66.7 Å². The van der Waals surface area contributed by atoms with Gasteiger partial charge in [0.25, 0.3) is 0 Å². The SMILES string of the molecule is COc1cc(/C=C/C(=O)O)ccc1OCCCCCCOC(=O)C(C)(C)CC(C)(C)C. The van der Waals surface area contributed by atoms with Gasteiger partial charge >= 0.3 is 11.9 Å². The largest absolute Gasteiger partial charge is 0.493 e. The molecule has 0 amide bonds. The topological polar surface area (TPSA) is 82.1 Å². The van der Waals surface area contributed by atoms with Gasteiger partial charge in [-0.1, -0.05) is 26.8 Å². The number of aliphatic carboxylic acids is 1. The molecular formula is C25H38O6. The summed E-state index contributed by atoms with van der Waals surface area (Å²) in [7, 11) is 1.55. The molecule has 0 saturated heterocycles. The summed E-state index contributed by atoms with van der Waals surface area (Å²) < 4.78 is 16.6. The van der Waals surface area contributed by atoms with Crippen molar-refractivity contribution in [3.63, 3.8) is 0 Å². The van der Waals surface area contributed by atoms with Gasteiger partial charge < -0.3 is 19.3 Å². The lowest BCUT2D eigenvalue weighted by Gasteiger charge is -2.30. The van der Waals surface area contributed by atoms with E-state index in [-0.39, 0.29) is 11.4 Å². The molecule has 174 valence electrons. The van der Waals surface area contributed by atoms with Crippen molar-refractivity contribution in [2.24, 2.45) is 10.8 Å². The Hall–Kier alpha value is -2.50. The monoisotopic (exact) mass is 434 g/mol. The molecule has 6 nitrogen and oxygen atoms in total. The van der Waals surface area contributed by atoms with E-state index in [2.05, 4.69) is 20.8 Å². The maximum Gasteiger partial charge on any atom is 0.328 e. The second-order valence-corrected chi connectivity index (χ2v) is 9.60. The summed E-state index contributed by atoms with van der Waals surface area (Å²) in [6.45, 7) is 11.3. The summed E-state index contributed by atoms with van der Waals surface area (Å²) in [5.41, 5.74) is 0.344. The Bertz CT molecular complexity index is 743. The molecule has 6 heteroatoms. The van der Waals surface area contributed by atoms with Crippen LogP contribution in [-0.4, -0.2) is 37.4 Å². The summed E-state index contributed by atoms with van der Waals surface area (Å²) in [5.74, 6) is 0.0736. The van der Waals surface area contributed by atoms with Gasteiger partial charge in [-0.05, 0) is 75.1 Å². The van der Waals surface area contributed by atoms with Gasteiger partial charge in [0, 0.05) is 6.08 Å². The normalized spacial score (nSPS) is 12.1. The van der Waals surface area contributed by atoms with Crippen LogP contribution in [0.2, 0.25) is 0 Å². The van der Waals surface area contributed by atoms with Gasteiger partial charge in [-0.2, -0.15) is 0 Å². The van der Waals surface area contributed by atoms with Gasteiger partial charge in [-0.25, -0.2) is 4.79 Å². The van der Waals surface area contributed by atoms with Crippen LogP contribution in [0.3, 0.4) is 0 Å². The van der Waals surface area contributed by atoms with Crippen molar-refractivity contribution in [3.05, 3.63) is 29.8 Å². The predicted molar refractivity (Wildman–Crippen MR) is 122 cm³/mol. The smallest absolute Gasteiger partial charge is 0.328 e. The second kappa shape index (κ2) is 12.4. The molecule has 0 aliphatic carbocycles. The Morgan fingerprint density at radius 1 is 0.968 bits per heavy atom. The minimum absolute atomic E-state index is 0.0840. The average Bonchev–Trinajstić information content (AvgIpc) is 2.66. The van der Waals surface area contributed by atoms with Crippen molar-refractivity contribution in [2.75, 3.05) is 20.3 Å². The van der Waals surface area contributed by atoms with E-state index in [1.807, 2.05) is 13.8 Å². The lowest BCUT2D eigenvalue weighted by Crippen LogP contribution is -2.31. The highest BCUT2D eigenvalue weighted by Crippen LogP contribution is 2.34. The summed E-state index contributed by atoms with van der Waals surface area (Å²) in [5, 5.41) is 8.71. The Balaban J connectivity index is 2.28. The number of rotatable bonds is 13. The molecule has 0 radical (unpaired) electrons. The first-order valence-electron chi connectivity index (χ1n) is 10.8. The minimum Gasteiger partial charge on any atom is -0.493 e. The Morgan fingerprint density at radius 2 is 1.61 bits per heavy atom. The highest BCUT2D eigenvalue weighted by molar-refractivity contribution is 5.85. The Kier molecular flexibility index (Phi) is 10.6. The molecule has 1 N–H and O–H groups in total. The minimum atomic E-state index is -0.998. The number of carbonyl (C=O) groups is 2. The van der Waals surface area contributed by atoms with Gasteiger partial charge in [0.15, 0.2) is 11.5 Å². The van der Waals surface area contributed by atoms with Gasteiger partial charge in [-0.3, -0.25) is 4.79 Å². The molecule has 0 aliphatic heterocycles. The highest BCUT2D eigenvalue weighted by atomic mass is 16.5. The molecule has 0 saturated carbocycles. The van der Waals surface area contributed by atoms with Crippen molar-refractivity contribution in [1.29, 1.82) is 0 Å². The van der Waals surface area contributed by atoms with Crippen LogP contribution >= 0.6 is 0 Å². The number of esters is 1. The molecule has 1 aromatic rings. The summed E-state index contributed by atoms with van der Waals surface area (Å²) >= 11 is 0. The lowest BCUT2D eigenvalue weighted by molar-refractivity contribution is -0.155. The molecule has 0 atom stereocenters. The standard InChI is InChI=1S/C25H38O6/c1-24(2,3)18-25(4,5)23(28)31-16-10-8-7-9-15-30-20-13-11-19(12-14-22(26)27)17-21(20)29-6/h11-14,17H,7-10,15-16,18H2,1-6H3,(H,26,27)/b14-12+. The van der Waals surface area contributed by atoms with Crippen LogP contribution in [0.1, 0.15) is 72.3 Å². The third kappa shape index (κ3) is 10.9. The van der Waals surface area contributed by atoms with E-state index < -0.39 is 11.4 Å². The molecule has 0 aromatic heterocycles. The van der Waals surface area contributed by atoms with E-state index in [0.29, 0.717) is 24.7 Å². The third-order valence-corrected chi connectivity index (χ3v) is 4.66. The maximum absolute atomic E-state index is 12.3. The first-order chi connectivity index (χ1) is 14.4. The van der Waals surface area contributed by atoms with E-state index in [1.165, 1.54) is 6.08 Å². The number of carboxylic acids is 1. The number of benzene rings is 1. The molecule has 0 fully saturated rings. The number of hydrogen-bond acceptors (Lipinski definition) is 5. The molecule has 1 aromatic carbocycles. The van der Waals surface area contributed by atoms with Crippen LogP contribution in [0.4, 0.5) is 0 Å². The van der Waals surface area contributed by atoms with Crippen LogP contribution in [0.25, 0.3) is 6.08 Å². The first kappa shape index (κ1) is 26.5. The quantitative estimate of drug-likeness (QED) is 0.242. The Morgan fingerprint density at radius 3 is 2.19 bits per heavy atom. The molecule has 31 heavy (non-hydrogen) atoms. The van der Waals surface area contributed by atoms with Crippen LogP contribution in [0.5, 0.6) is 11.5 Å². The predicted octanol–water partition coefficient (Wildman–Crippen LogP) is 5.74. The van der Waals surface area contributed by atoms with Crippen LogP contribution in [0, 0.1) is 10.8 Å². The second-order valence-electron chi connectivity index (χ2n) is 9.60. The average molecular weight is 435 g/mol. The zero-order chi connectivity index (χ0) is 23.5. The molecular weight excluding hydrogens is 396 g/mol. The molecule has 0 heterocycles. The maximum atomic E-state index is 12.3. The van der Waals surface area contributed by atoms with Gasteiger partial charge in [0.2, 0.25) is 0 Å². The van der Waals surface area contributed by atoms with E-state index in [1.54, 1.807) is 25.3 Å². The fraction of sp³-hybridized carbons (Fsp3) is 0.600. The zero-order valence-electron chi connectivity index (χ0n) is 19.8. The van der Waals surface area contributed by atoms with Crippen molar-refractivity contribution >= 4 is 18.0 Å². The van der Waals surface area contributed by atoms with Crippen molar-refractivity contribution < 1.29 is 28.9 Å². The van der Waals surface area contributed by atoms with Crippen molar-refractivity contribution in [3.8, 4) is 11.5 Å². The zero-order valence-corrected chi connectivity index (χ0v) is 19.8. The molecule has 1 rings (SSSR count). The summed E-state index contributed by atoms with van der Waals surface area (Å²) in [4.78, 5) is 22.9. The van der Waals surface area contributed by atoms with Gasteiger partial charge in [-0.15, -0.1) is 0 Å². The van der Waals surface area contributed by atoms with E-state index in [4.69, 9.17) is 19.3 Å². The number of ether oxygens (including phenoxy) is 3. The van der Waals surface area contributed by atoms with Crippen LogP contribution < -0.4 is 9.47 Å². The van der Waals surface area contributed by atoms with E-state index in [9.17, 15) is 9.59 Å². The molecule has 0 spiro atoms. The molecule has 0 unspecified atom stereocenters. The number of unbranched alkanes of at least 4 members (excludes halogenated alkanes) is 3. The third-order valence-electron chi connectivity index (χ3n) is 4.66. The van der Waals surface area contributed by atoms with E-state index in [0.717, 1.165) is 43.7 Å². The van der Waals surface area contributed by atoms with Gasteiger partial charge in [0.05, 0.1) is 25.7 Å². The van der Waals surface area contributed by atoms with Crippen LogP contribution in [-0.2, 0) is 14.3 Å². The molecule has 0 aliphatic rings. The summed E-state index contributed by atoms with van der Waals surface area (Å²) in [6.07, 6.45) is 7.04. The number of carboxylic acid groups (broad SMARTS) is 1. The van der Waals surface area contributed by atoms with Crippen LogP contribution in [0.15, 0.2) is 24.3 Å². The number of hydrogen-bond donors (Lipinski definition) is 1. The lowest BCUT2D eigenvalue weighted by atomic mass is 9.76. The highest BCUT2D eigenvalue weighted by Gasteiger charge is 2.33. The van der Waals surface area contributed by atoms with Gasteiger partial charge in [0.1, 0.15) is 0 Å². The fourth-order valence-electron chi connectivity index (χ4n) is 3.57. The fourth-order valence-corrected chi connectivity index (χ4v) is 3.57.